The minimum Gasteiger partial charge on any atom is -0.496 e. The van der Waals surface area contributed by atoms with Crippen molar-refractivity contribution in [3.63, 3.8) is 0 Å². The van der Waals surface area contributed by atoms with Crippen molar-refractivity contribution in [2.45, 2.75) is 33.7 Å². The molecule has 1 amide bonds. The number of carbonyl (C=O) groups is 1. The predicted octanol–water partition coefficient (Wildman–Crippen LogP) is 2.53. The fourth-order valence-electron chi connectivity index (χ4n) is 1.61. The van der Waals surface area contributed by atoms with Gasteiger partial charge in [-0.1, -0.05) is 32.9 Å². The molecule has 0 aromatic heterocycles. The van der Waals surface area contributed by atoms with Gasteiger partial charge in [-0.3, -0.25) is 4.79 Å². The van der Waals surface area contributed by atoms with Crippen LogP contribution < -0.4 is 10.1 Å². The summed E-state index contributed by atoms with van der Waals surface area (Å²) >= 11 is 0. The third-order valence-electron chi connectivity index (χ3n) is 2.72. The Balaban J connectivity index is 2.69. The number of aryl methyl sites for hydroxylation is 1. The molecule has 0 bridgehead atoms. The van der Waals surface area contributed by atoms with Gasteiger partial charge in [-0.05, 0) is 23.6 Å². The average Bonchev–Trinajstić information content (AvgIpc) is 2.35. The molecule has 3 nitrogen and oxygen atoms in total. The van der Waals surface area contributed by atoms with Crippen LogP contribution in [0.15, 0.2) is 18.2 Å². The summed E-state index contributed by atoms with van der Waals surface area (Å²) in [5.74, 6) is 1.02. The van der Waals surface area contributed by atoms with Crippen LogP contribution in [0.3, 0.4) is 0 Å². The maximum absolute atomic E-state index is 11.5. The highest BCUT2D eigenvalue weighted by Crippen LogP contribution is 2.20. The summed E-state index contributed by atoms with van der Waals surface area (Å²) in [5.41, 5.74) is 2.28. The molecule has 0 aliphatic heterocycles. The van der Waals surface area contributed by atoms with E-state index in [1.54, 1.807) is 7.11 Å². The fourth-order valence-corrected chi connectivity index (χ4v) is 1.61. The van der Waals surface area contributed by atoms with E-state index in [4.69, 9.17) is 4.74 Å². The Bertz CT molecular complexity index is 386. The van der Waals surface area contributed by atoms with Gasteiger partial charge in [-0.2, -0.15) is 0 Å². The van der Waals surface area contributed by atoms with Crippen molar-refractivity contribution in [1.82, 2.24) is 5.32 Å². The smallest absolute Gasteiger partial charge is 0.222 e. The molecule has 0 fully saturated rings. The van der Waals surface area contributed by atoms with Crippen molar-refractivity contribution in [1.29, 1.82) is 0 Å². The zero-order chi connectivity index (χ0) is 12.8. The lowest BCUT2D eigenvalue weighted by atomic mass is 10.1. The van der Waals surface area contributed by atoms with Gasteiger partial charge in [0.2, 0.25) is 5.91 Å². The van der Waals surface area contributed by atoms with Crippen molar-refractivity contribution in [2.75, 3.05) is 7.11 Å². The summed E-state index contributed by atoms with van der Waals surface area (Å²) in [6.07, 6.45) is 0.926. The number of benzene rings is 1. The molecular formula is C14H21NO2. The van der Waals surface area contributed by atoms with Crippen LogP contribution in [0.5, 0.6) is 5.75 Å². The van der Waals surface area contributed by atoms with Crippen molar-refractivity contribution < 1.29 is 9.53 Å². The lowest BCUT2D eigenvalue weighted by Crippen LogP contribution is -2.27. The number of hydrogen-bond acceptors (Lipinski definition) is 2. The minimum absolute atomic E-state index is 0.0268. The Morgan fingerprint density at radius 1 is 1.41 bits per heavy atom. The highest BCUT2D eigenvalue weighted by Gasteiger charge is 2.07. The van der Waals surface area contributed by atoms with Crippen LogP contribution in [0.4, 0.5) is 0 Å². The Kier molecular flexibility index (Phi) is 5.01. The molecule has 0 saturated carbocycles. The van der Waals surface area contributed by atoms with Crippen LogP contribution in [0, 0.1) is 5.92 Å². The Labute approximate surface area is 103 Å². The normalized spacial score (nSPS) is 10.4. The van der Waals surface area contributed by atoms with E-state index in [0.717, 1.165) is 17.7 Å². The molecule has 0 radical (unpaired) electrons. The third-order valence-corrected chi connectivity index (χ3v) is 2.72. The SMILES string of the molecule is CCc1cc(CNC(=O)C(C)C)ccc1OC. The second kappa shape index (κ2) is 6.28. The summed E-state index contributed by atoms with van der Waals surface area (Å²) in [6, 6.07) is 6.02. The van der Waals surface area contributed by atoms with Gasteiger partial charge in [0.1, 0.15) is 5.75 Å². The molecule has 1 rings (SSSR count). The van der Waals surface area contributed by atoms with Crippen molar-refractivity contribution in [3.8, 4) is 5.75 Å². The van der Waals surface area contributed by atoms with E-state index in [0.29, 0.717) is 6.54 Å². The van der Waals surface area contributed by atoms with Gasteiger partial charge in [0, 0.05) is 12.5 Å². The van der Waals surface area contributed by atoms with Gasteiger partial charge in [0.05, 0.1) is 7.11 Å². The molecule has 0 aliphatic rings. The number of nitrogens with one attached hydrogen (secondary N) is 1. The molecule has 0 aliphatic carbocycles. The summed E-state index contributed by atoms with van der Waals surface area (Å²) in [6.45, 7) is 6.45. The Hall–Kier alpha value is -1.51. The monoisotopic (exact) mass is 235 g/mol. The van der Waals surface area contributed by atoms with E-state index in [1.807, 2.05) is 26.0 Å². The number of amides is 1. The van der Waals surface area contributed by atoms with Crippen molar-refractivity contribution in [3.05, 3.63) is 29.3 Å². The number of ether oxygens (including phenoxy) is 1. The zero-order valence-electron chi connectivity index (χ0n) is 11.0. The molecule has 1 aromatic carbocycles. The fraction of sp³-hybridized carbons (Fsp3) is 0.500. The molecule has 94 valence electrons. The number of hydrogen-bond donors (Lipinski definition) is 1. The first-order valence-corrected chi connectivity index (χ1v) is 6.02. The number of rotatable bonds is 5. The standard InChI is InChI=1S/C14H21NO2/c1-5-12-8-11(6-7-13(12)17-4)9-15-14(16)10(2)3/h6-8,10H,5,9H2,1-4H3,(H,15,16). The molecule has 1 aromatic rings. The van der Waals surface area contributed by atoms with Crippen LogP contribution in [0.2, 0.25) is 0 Å². The van der Waals surface area contributed by atoms with Gasteiger partial charge in [0.25, 0.3) is 0 Å². The average molecular weight is 235 g/mol. The van der Waals surface area contributed by atoms with Gasteiger partial charge >= 0.3 is 0 Å². The van der Waals surface area contributed by atoms with E-state index < -0.39 is 0 Å². The maximum atomic E-state index is 11.5. The summed E-state index contributed by atoms with van der Waals surface area (Å²) in [4.78, 5) is 11.5. The second-order valence-electron chi connectivity index (χ2n) is 4.37. The van der Waals surface area contributed by atoms with E-state index >= 15 is 0 Å². The molecule has 0 saturated heterocycles. The van der Waals surface area contributed by atoms with Gasteiger partial charge in [-0.15, -0.1) is 0 Å². The molecule has 1 N–H and O–H groups in total. The first-order valence-electron chi connectivity index (χ1n) is 6.02. The molecule has 0 spiro atoms. The minimum atomic E-state index is 0.0268. The molecule has 0 unspecified atom stereocenters. The number of carbonyl (C=O) groups excluding carboxylic acids is 1. The maximum Gasteiger partial charge on any atom is 0.222 e. The molecule has 17 heavy (non-hydrogen) atoms. The third kappa shape index (κ3) is 3.77. The van der Waals surface area contributed by atoms with Crippen LogP contribution in [0.25, 0.3) is 0 Å². The highest BCUT2D eigenvalue weighted by atomic mass is 16.5. The quantitative estimate of drug-likeness (QED) is 0.851. The predicted molar refractivity (Wildman–Crippen MR) is 69.1 cm³/mol. The molecule has 0 heterocycles. The highest BCUT2D eigenvalue weighted by molar-refractivity contribution is 5.77. The number of methoxy groups -OCH3 is 1. The molecular weight excluding hydrogens is 214 g/mol. The van der Waals surface area contributed by atoms with Crippen LogP contribution in [0.1, 0.15) is 31.9 Å². The molecule has 0 atom stereocenters. The van der Waals surface area contributed by atoms with Gasteiger partial charge in [0.15, 0.2) is 0 Å². The van der Waals surface area contributed by atoms with Crippen molar-refractivity contribution in [2.24, 2.45) is 5.92 Å². The van der Waals surface area contributed by atoms with E-state index in [9.17, 15) is 4.79 Å². The first kappa shape index (κ1) is 13.6. The second-order valence-corrected chi connectivity index (χ2v) is 4.37. The first-order chi connectivity index (χ1) is 8.08. The van der Waals surface area contributed by atoms with Crippen molar-refractivity contribution >= 4 is 5.91 Å². The largest absolute Gasteiger partial charge is 0.496 e. The summed E-state index contributed by atoms with van der Waals surface area (Å²) in [7, 11) is 1.68. The van der Waals surface area contributed by atoms with E-state index in [1.165, 1.54) is 5.56 Å². The summed E-state index contributed by atoms with van der Waals surface area (Å²) in [5, 5.41) is 2.91. The summed E-state index contributed by atoms with van der Waals surface area (Å²) < 4.78 is 5.27. The van der Waals surface area contributed by atoms with E-state index in [-0.39, 0.29) is 11.8 Å². The lowest BCUT2D eigenvalue weighted by molar-refractivity contribution is -0.124. The van der Waals surface area contributed by atoms with E-state index in [2.05, 4.69) is 18.3 Å². The topological polar surface area (TPSA) is 38.3 Å². The Morgan fingerprint density at radius 3 is 2.65 bits per heavy atom. The lowest BCUT2D eigenvalue weighted by Gasteiger charge is -2.11. The van der Waals surface area contributed by atoms with Crippen LogP contribution >= 0.6 is 0 Å². The van der Waals surface area contributed by atoms with Gasteiger partial charge in [-0.25, -0.2) is 0 Å². The van der Waals surface area contributed by atoms with Gasteiger partial charge < -0.3 is 10.1 Å². The zero-order valence-corrected chi connectivity index (χ0v) is 11.0. The molecule has 3 heteroatoms. The Morgan fingerprint density at radius 2 is 2.12 bits per heavy atom. The van der Waals surface area contributed by atoms with Crippen LogP contribution in [-0.2, 0) is 17.8 Å². The van der Waals surface area contributed by atoms with Crippen LogP contribution in [-0.4, -0.2) is 13.0 Å².